The minimum Gasteiger partial charge on any atom is -0.481 e. The van der Waals surface area contributed by atoms with Gasteiger partial charge in [-0.25, -0.2) is 4.79 Å². The van der Waals surface area contributed by atoms with Gasteiger partial charge in [-0.1, -0.05) is 27.7 Å². The first kappa shape index (κ1) is 29.7. The largest absolute Gasteiger partial charge is 0.481 e. The number of nitrogens with two attached hydrogens (primary N) is 1. The van der Waals surface area contributed by atoms with Crippen molar-refractivity contribution in [2.45, 2.75) is 71.1 Å². The van der Waals surface area contributed by atoms with E-state index in [1.54, 1.807) is 27.7 Å². The Labute approximate surface area is 192 Å². The first-order valence-electron chi connectivity index (χ1n) is 10.4. The molecule has 7 N–H and O–H groups in total. The van der Waals surface area contributed by atoms with E-state index in [-0.39, 0.29) is 25.2 Å². The smallest absolute Gasteiger partial charge is 0.326 e. The van der Waals surface area contributed by atoms with Crippen LogP contribution in [0.4, 0.5) is 0 Å². The summed E-state index contributed by atoms with van der Waals surface area (Å²) in [4.78, 5) is 60.3. The molecular formula is C20H36N4O7S. The van der Waals surface area contributed by atoms with Gasteiger partial charge in [0.05, 0.1) is 6.04 Å². The Morgan fingerprint density at radius 1 is 0.812 bits per heavy atom. The van der Waals surface area contributed by atoms with E-state index in [0.29, 0.717) is 5.75 Å². The summed E-state index contributed by atoms with van der Waals surface area (Å²) in [6.07, 6.45) is 1.44. The fourth-order valence-corrected chi connectivity index (χ4v) is 3.12. The van der Waals surface area contributed by atoms with E-state index in [2.05, 4.69) is 16.0 Å². The van der Waals surface area contributed by atoms with Gasteiger partial charge >= 0.3 is 11.9 Å². The summed E-state index contributed by atoms with van der Waals surface area (Å²) < 4.78 is 0. The van der Waals surface area contributed by atoms with Crippen molar-refractivity contribution in [3.63, 3.8) is 0 Å². The number of carboxylic acids is 2. The number of carbonyl (C=O) groups is 5. The van der Waals surface area contributed by atoms with Crippen LogP contribution in [0, 0.1) is 11.8 Å². The molecule has 4 atom stereocenters. The Hall–Kier alpha value is -2.34. The third kappa shape index (κ3) is 10.8. The number of amides is 3. The number of thioether (sulfide) groups is 1. The van der Waals surface area contributed by atoms with Crippen molar-refractivity contribution in [2.24, 2.45) is 17.6 Å². The summed E-state index contributed by atoms with van der Waals surface area (Å²) in [5, 5.41) is 25.7. The summed E-state index contributed by atoms with van der Waals surface area (Å²) in [5.41, 5.74) is 5.80. The molecule has 0 saturated heterocycles. The topological polar surface area (TPSA) is 188 Å². The molecule has 4 unspecified atom stereocenters. The van der Waals surface area contributed by atoms with Crippen LogP contribution in [-0.4, -0.2) is 76.0 Å². The number of carbonyl (C=O) groups excluding carboxylic acids is 3. The van der Waals surface area contributed by atoms with Crippen molar-refractivity contribution < 1.29 is 34.2 Å². The summed E-state index contributed by atoms with van der Waals surface area (Å²) >= 11 is 1.44. The number of hydrogen-bond donors (Lipinski definition) is 6. The van der Waals surface area contributed by atoms with E-state index in [4.69, 9.17) is 10.8 Å². The molecule has 0 fully saturated rings. The first-order valence-corrected chi connectivity index (χ1v) is 11.8. The molecule has 0 aromatic carbocycles. The van der Waals surface area contributed by atoms with Gasteiger partial charge < -0.3 is 31.9 Å². The van der Waals surface area contributed by atoms with Crippen LogP contribution in [0.25, 0.3) is 0 Å². The van der Waals surface area contributed by atoms with E-state index >= 15 is 0 Å². The zero-order valence-electron chi connectivity index (χ0n) is 19.2. The molecule has 0 aliphatic carbocycles. The van der Waals surface area contributed by atoms with Gasteiger partial charge in [0.2, 0.25) is 17.7 Å². The maximum Gasteiger partial charge on any atom is 0.326 e. The van der Waals surface area contributed by atoms with E-state index in [1.807, 2.05) is 6.26 Å². The van der Waals surface area contributed by atoms with Gasteiger partial charge in [0, 0.05) is 6.42 Å². The van der Waals surface area contributed by atoms with Crippen molar-refractivity contribution in [3.8, 4) is 0 Å². The van der Waals surface area contributed by atoms with E-state index in [0.717, 1.165) is 0 Å². The lowest BCUT2D eigenvalue weighted by atomic mass is 10.0. The van der Waals surface area contributed by atoms with Crippen LogP contribution in [0.5, 0.6) is 0 Å². The monoisotopic (exact) mass is 476 g/mol. The van der Waals surface area contributed by atoms with Crippen LogP contribution >= 0.6 is 11.8 Å². The molecule has 0 spiro atoms. The molecule has 0 aliphatic heterocycles. The molecule has 0 rings (SSSR count). The number of carboxylic acid groups (broad SMARTS) is 2. The van der Waals surface area contributed by atoms with Gasteiger partial charge in [-0.05, 0) is 36.7 Å². The highest BCUT2D eigenvalue weighted by molar-refractivity contribution is 7.98. The number of hydrogen-bond acceptors (Lipinski definition) is 7. The predicted molar refractivity (Wildman–Crippen MR) is 121 cm³/mol. The fraction of sp³-hybridized carbons (Fsp3) is 0.750. The van der Waals surface area contributed by atoms with Crippen molar-refractivity contribution in [1.29, 1.82) is 0 Å². The van der Waals surface area contributed by atoms with Crippen molar-refractivity contribution in [2.75, 3.05) is 12.0 Å². The van der Waals surface area contributed by atoms with Crippen LogP contribution in [0.3, 0.4) is 0 Å². The Bertz CT molecular complexity index is 672. The second-order valence-corrected chi connectivity index (χ2v) is 9.16. The Balaban J connectivity index is 5.44. The van der Waals surface area contributed by atoms with Crippen LogP contribution in [-0.2, 0) is 24.0 Å². The quantitative estimate of drug-likeness (QED) is 0.186. The van der Waals surface area contributed by atoms with Crippen LogP contribution in [0.1, 0.15) is 47.0 Å². The van der Waals surface area contributed by atoms with Gasteiger partial charge in [-0.3, -0.25) is 19.2 Å². The van der Waals surface area contributed by atoms with E-state index < -0.39 is 59.7 Å². The maximum absolute atomic E-state index is 12.8. The summed E-state index contributed by atoms with van der Waals surface area (Å²) in [6.45, 7) is 6.79. The zero-order valence-corrected chi connectivity index (χ0v) is 20.0. The molecule has 3 amide bonds. The molecule has 0 aliphatic rings. The highest BCUT2D eigenvalue weighted by Gasteiger charge is 2.32. The average molecular weight is 477 g/mol. The van der Waals surface area contributed by atoms with Crippen LogP contribution in [0.15, 0.2) is 0 Å². The minimum absolute atomic E-state index is 0.199. The molecule has 0 aromatic rings. The Morgan fingerprint density at radius 3 is 1.81 bits per heavy atom. The average Bonchev–Trinajstić information content (AvgIpc) is 2.70. The third-order valence-corrected chi connectivity index (χ3v) is 5.42. The minimum atomic E-state index is -1.22. The van der Waals surface area contributed by atoms with Crippen LogP contribution < -0.4 is 21.7 Å². The summed E-state index contributed by atoms with van der Waals surface area (Å²) in [6, 6.07) is -4.31. The van der Waals surface area contributed by atoms with Crippen LogP contribution in [0.2, 0.25) is 0 Å². The van der Waals surface area contributed by atoms with Gasteiger partial charge in [0.15, 0.2) is 0 Å². The van der Waals surface area contributed by atoms with Gasteiger partial charge in [-0.2, -0.15) is 11.8 Å². The van der Waals surface area contributed by atoms with E-state index in [1.165, 1.54) is 11.8 Å². The van der Waals surface area contributed by atoms with Crippen molar-refractivity contribution in [1.82, 2.24) is 16.0 Å². The van der Waals surface area contributed by atoms with Gasteiger partial charge in [0.25, 0.3) is 0 Å². The predicted octanol–water partition coefficient (Wildman–Crippen LogP) is -0.217. The van der Waals surface area contributed by atoms with E-state index in [9.17, 15) is 29.1 Å². The fourth-order valence-electron chi connectivity index (χ4n) is 2.65. The highest BCUT2D eigenvalue weighted by atomic mass is 32.2. The normalized spacial score (nSPS) is 14.9. The number of nitrogens with one attached hydrogen (secondary N) is 3. The standard InChI is InChI=1S/C20H36N4O7S/c1-10(2)15(21)18(28)22-12(6-7-14(25)26)17(27)24-16(11(3)4)19(29)23-13(20(30)31)8-9-32-5/h10-13,15-16H,6-9,21H2,1-5H3,(H,22,28)(H,23,29)(H,24,27)(H,25,26)(H,30,31). The molecule has 0 radical (unpaired) electrons. The third-order valence-electron chi connectivity index (χ3n) is 4.77. The van der Waals surface area contributed by atoms with Crippen molar-refractivity contribution in [3.05, 3.63) is 0 Å². The number of aliphatic carboxylic acids is 2. The Kier molecular flexibility index (Phi) is 13.6. The lowest BCUT2D eigenvalue weighted by Crippen LogP contribution is -2.58. The molecule has 0 heterocycles. The zero-order chi connectivity index (χ0) is 25.0. The first-order chi connectivity index (χ1) is 14.8. The van der Waals surface area contributed by atoms with Gasteiger partial charge in [0.1, 0.15) is 18.1 Å². The summed E-state index contributed by atoms with van der Waals surface area (Å²) in [7, 11) is 0. The lowest BCUT2D eigenvalue weighted by molar-refractivity contribution is -0.142. The number of rotatable bonds is 15. The maximum atomic E-state index is 12.8. The molecule has 184 valence electrons. The molecule has 11 nitrogen and oxygen atoms in total. The molecule has 32 heavy (non-hydrogen) atoms. The Morgan fingerprint density at radius 2 is 1.38 bits per heavy atom. The highest BCUT2D eigenvalue weighted by Crippen LogP contribution is 2.08. The molecular weight excluding hydrogens is 440 g/mol. The lowest BCUT2D eigenvalue weighted by Gasteiger charge is -2.27. The molecule has 0 saturated carbocycles. The molecule has 12 heteroatoms. The molecule has 0 aromatic heterocycles. The van der Waals surface area contributed by atoms with Gasteiger partial charge in [-0.15, -0.1) is 0 Å². The second kappa shape index (κ2) is 14.7. The van der Waals surface area contributed by atoms with Crippen molar-refractivity contribution >= 4 is 41.4 Å². The second-order valence-electron chi connectivity index (χ2n) is 8.17. The molecule has 0 bridgehead atoms. The SMILES string of the molecule is CSCCC(NC(=O)C(NC(=O)C(CCC(=O)O)NC(=O)C(N)C(C)C)C(C)C)C(=O)O. The summed E-state index contributed by atoms with van der Waals surface area (Å²) in [5.74, 6) is -4.46.